The summed E-state index contributed by atoms with van der Waals surface area (Å²) in [7, 11) is -3.15. The number of hydrogen-bond donors (Lipinski definition) is 1. The zero-order valence-corrected chi connectivity index (χ0v) is 14.7. The van der Waals surface area contributed by atoms with Crippen molar-refractivity contribution in [1.82, 2.24) is 5.32 Å². The zero-order valence-electron chi connectivity index (χ0n) is 13.8. The minimum atomic E-state index is -3.15. The summed E-state index contributed by atoms with van der Waals surface area (Å²) in [4.78, 5) is 0. The van der Waals surface area contributed by atoms with Crippen molar-refractivity contribution in [1.29, 1.82) is 0 Å². The maximum Gasteiger partial charge on any atom is 0.160 e. The van der Waals surface area contributed by atoms with Crippen molar-refractivity contribution in [2.45, 2.75) is 76.0 Å². The van der Waals surface area contributed by atoms with E-state index in [1.807, 2.05) is 6.92 Å². The highest BCUT2D eigenvalue weighted by Gasteiger charge is 2.48. The highest BCUT2D eigenvalue weighted by molar-refractivity contribution is 7.92. The Balaban J connectivity index is 2.23. The normalized spacial score (nSPS) is 41.3. The second-order valence-electron chi connectivity index (χ2n) is 7.07. The molecule has 5 heteroatoms. The fraction of sp³-hybridized carbons (Fsp3) is 1.00. The van der Waals surface area contributed by atoms with Gasteiger partial charge in [-0.15, -0.1) is 0 Å². The highest BCUT2D eigenvalue weighted by Crippen LogP contribution is 2.37. The van der Waals surface area contributed by atoms with Crippen molar-refractivity contribution < 1.29 is 13.2 Å². The van der Waals surface area contributed by atoms with Gasteiger partial charge in [-0.3, -0.25) is 0 Å². The summed E-state index contributed by atoms with van der Waals surface area (Å²) >= 11 is 0. The van der Waals surface area contributed by atoms with Gasteiger partial charge in [-0.2, -0.15) is 0 Å². The number of sulfone groups is 1. The third-order valence-electron chi connectivity index (χ3n) is 5.15. The maximum absolute atomic E-state index is 13.2. The van der Waals surface area contributed by atoms with Gasteiger partial charge in [0.05, 0.1) is 16.6 Å². The van der Waals surface area contributed by atoms with Crippen molar-refractivity contribution >= 4 is 9.84 Å². The first-order valence-corrected chi connectivity index (χ1v) is 10.1. The summed E-state index contributed by atoms with van der Waals surface area (Å²) in [6.07, 6.45) is 3.51. The van der Waals surface area contributed by atoms with E-state index in [1.165, 1.54) is 0 Å². The average Bonchev–Trinajstić information content (AvgIpc) is 2.82. The molecule has 1 N–H and O–H groups in total. The second kappa shape index (κ2) is 6.97. The summed E-state index contributed by atoms with van der Waals surface area (Å²) < 4.78 is 31.9. The summed E-state index contributed by atoms with van der Waals surface area (Å²) in [6.45, 7) is 9.85. The smallest absolute Gasteiger partial charge is 0.160 e. The van der Waals surface area contributed by atoms with Crippen LogP contribution < -0.4 is 5.32 Å². The van der Waals surface area contributed by atoms with Crippen LogP contribution in [-0.4, -0.2) is 44.2 Å². The third kappa shape index (κ3) is 3.62. The van der Waals surface area contributed by atoms with Crippen LogP contribution in [0.25, 0.3) is 0 Å². The summed E-state index contributed by atoms with van der Waals surface area (Å²) in [5.41, 5.74) is 0. The van der Waals surface area contributed by atoms with E-state index in [4.69, 9.17) is 4.74 Å². The van der Waals surface area contributed by atoms with E-state index >= 15 is 0 Å². The van der Waals surface area contributed by atoms with Gasteiger partial charge < -0.3 is 10.1 Å². The lowest BCUT2D eigenvalue weighted by Crippen LogP contribution is -2.55. The number of ether oxygens (including phenoxy) is 1. The maximum atomic E-state index is 13.2. The molecular weight excluding hydrogens is 286 g/mol. The average molecular weight is 317 g/mol. The molecule has 0 aromatic carbocycles. The number of rotatable bonds is 5. The van der Waals surface area contributed by atoms with Crippen molar-refractivity contribution in [2.24, 2.45) is 11.8 Å². The number of hydrogen-bond acceptors (Lipinski definition) is 4. The van der Waals surface area contributed by atoms with Gasteiger partial charge >= 0.3 is 0 Å². The van der Waals surface area contributed by atoms with Crippen LogP contribution in [0.1, 0.15) is 53.4 Å². The standard InChI is InChI=1S/C16H31NO3S/c1-5-7-17-14-10-11(2)9-12(3)16(14)21(18,19)15-6-8-20-13(15)4/h11-17H,5-10H2,1-4H3. The van der Waals surface area contributed by atoms with Gasteiger partial charge in [0.1, 0.15) is 0 Å². The molecule has 1 saturated heterocycles. The Morgan fingerprint density at radius 1 is 1.19 bits per heavy atom. The molecule has 21 heavy (non-hydrogen) atoms. The van der Waals surface area contributed by atoms with Gasteiger partial charge in [-0.25, -0.2) is 8.42 Å². The molecule has 2 fully saturated rings. The summed E-state index contributed by atoms with van der Waals surface area (Å²) in [5.74, 6) is 0.818. The van der Waals surface area contributed by atoms with E-state index in [-0.39, 0.29) is 28.6 Å². The molecule has 1 heterocycles. The van der Waals surface area contributed by atoms with Crippen LogP contribution in [-0.2, 0) is 14.6 Å². The lowest BCUT2D eigenvalue weighted by atomic mass is 9.80. The van der Waals surface area contributed by atoms with Crippen LogP contribution in [0.2, 0.25) is 0 Å². The van der Waals surface area contributed by atoms with Crippen molar-refractivity contribution in [3.8, 4) is 0 Å². The Morgan fingerprint density at radius 3 is 2.48 bits per heavy atom. The van der Waals surface area contributed by atoms with E-state index in [9.17, 15) is 8.42 Å². The van der Waals surface area contributed by atoms with Gasteiger partial charge in [0.2, 0.25) is 0 Å². The molecule has 0 bridgehead atoms. The molecule has 1 aliphatic heterocycles. The van der Waals surface area contributed by atoms with Crippen LogP contribution in [0.3, 0.4) is 0 Å². The first-order chi connectivity index (χ1) is 9.87. The minimum Gasteiger partial charge on any atom is -0.377 e. The molecule has 6 atom stereocenters. The van der Waals surface area contributed by atoms with Crippen LogP contribution in [0, 0.1) is 11.8 Å². The predicted molar refractivity (Wildman–Crippen MR) is 86.2 cm³/mol. The molecule has 124 valence electrons. The van der Waals surface area contributed by atoms with Crippen LogP contribution >= 0.6 is 0 Å². The molecule has 0 radical (unpaired) electrons. The molecule has 0 spiro atoms. The Morgan fingerprint density at radius 2 is 1.90 bits per heavy atom. The van der Waals surface area contributed by atoms with Crippen molar-refractivity contribution in [3.05, 3.63) is 0 Å². The van der Waals surface area contributed by atoms with Gasteiger partial charge in [0.25, 0.3) is 0 Å². The van der Waals surface area contributed by atoms with Gasteiger partial charge in [-0.1, -0.05) is 20.8 Å². The van der Waals surface area contributed by atoms with Crippen molar-refractivity contribution in [3.63, 3.8) is 0 Å². The highest BCUT2D eigenvalue weighted by atomic mass is 32.2. The fourth-order valence-corrected chi connectivity index (χ4v) is 7.12. The quantitative estimate of drug-likeness (QED) is 0.846. The van der Waals surface area contributed by atoms with E-state index in [1.54, 1.807) is 0 Å². The van der Waals surface area contributed by atoms with E-state index in [0.717, 1.165) is 25.8 Å². The lowest BCUT2D eigenvalue weighted by molar-refractivity contribution is 0.126. The summed E-state index contributed by atoms with van der Waals surface area (Å²) in [5, 5.41) is 2.94. The Hall–Kier alpha value is -0.130. The lowest BCUT2D eigenvalue weighted by Gasteiger charge is -2.41. The van der Waals surface area contributed by atoms with Gasteiger partial charge in [0, 0.05) is 12.6 Å². The van der Waals surface area contributed by atoms with Crippen molar-refractivity contribution in [2.75, 3.05) is 13.2 Å². The molecule has 0 aromatic heterocycles. The number of nitrogens with one attached hydrogen (secondary N) is 1. The molecule has 4 nitrogen and oxygen atoms in total. The molecule has 2 aliphatic rings. The monoisotopic (exact) mass is 317 g/mol. The molecule has 1 aliphatic carbocycles. The molecule has 0 aromatic rings. The first kappa shape index (κ1) is 17.2. The van der Waals surface area contributed by atoms with Crippen LogP contribution in [0.4, 0.5) is 0 Å². The van der Waals surface area contributed by atoms with E-state index in [2.05, 4.69) is 26.1 Å². The Kier molecular flexibility index (Phi) is 5.71. The predicted octanol–water partition coefficient (Wildman–Crippen LogP) is 2.38. The van der Waals surface area contributed by atoms with E-state index in [0.29, 0.717) is 18.9 Å². The Labute approximate surface area is 129 Å². The SMILES string of the molecule is CCCNC1CC(C)CC(C)C1S(=O)(=O)C1CCOC1C. The molecule has 1 saturated carbocycles. The molecular formula is C16H31NO3S. The van der Waals surface area contributed by atoms with Gasteiger partial charge in [0.15, 0.2) is 9.84 Å². The third-order valence-corrected chi connectivity index (χ3v) is 8.17. The zero-order chi connectivity index (χ0) is 15.6. The van der Waals surface area contributed by atoms with Gasteiger partial charge in [-0.05, 0) is 51.0 Å². The Bertz CT molecular complexity index is 437. The first-order valence-electron chi connectivity index (χ1n) is 8.45. The van der Waals surface area contributed by atoms with Crippen LogP contribution in [0.15, 0.2) is 0 Å². The van der Waals surface area contributed by atoms with E-state index < -0.39 is 9.84 Å². The second-order valence-corrected chi connectivity index (χ2v) is 9.40. The minimum absolute atomic E-state index is 0.0986. The summed E-state index contributed by atoms with van der Waals surface area (Å²) in [6, 6.07) is 0.0986. The molecule has 0 amide bonds. The topological polar surface area (TPSA) is 55.4 Å². The molecule has 2 rings (SSSR count). The largest absolute Gasteiger partial charge is 0.377 e. The van der Waals surface area contributed by atoms with Crippen LogP contribution in [0.5, 0.6) is 0 Å². The molecule has 6 unspecified atom stereocenters. The fourth-order valence-electron chi connectivity index (χ4n) is 4.26.